The van der Waals surface area contributed by atoms with Gasteiger partial charge in [0.1, 0.15) is 17.3 Å². The second-order valence-electron chi connectivity index (χ2n) is 4.69. The molecule has 3 heteroatoms. The average Bonchev–Trinajstić information content (AvgIpc) is 2.37. The highest BCUT2D eigenvalue weighted by Crippen LogP contribution is 2.31. The molecule has 0 amide bonds. The van der Waals surface area contributed by atoms with Crippen LogP contribution in [0.1, 0.15) is 22.3 Å². The minimum Gasteiger partial charge on any atom is -0.457 e. The third-order valence-electron chi connectivity index (χ3n) is 3.15. The number of hydrogen-bond donors (Lipinski definition) is 0. The standard InChI is InChI=1S/C16H16ClFO/c1-10-6-11(2)12(3)16(7-10)19-15-5-4-14(18)8-13(15)9-17/h4-8H,9H2,1-3H3. The Hall–Kier alpha value is -1.54. The maximum absolute atomic E-state index is 13.2. The fourth-order valence-electron chi connectivity index (χ4n) is 1.98. The number of aryl methyl sites for hydroxylation is 2. The lowest BCUT2D eigenvalue weighted by Gasteiger charge is -2.14. The number of alkyl halides is 1. The van der Waals surface area contributed by atoms with Crippen molar-refractivity contribution in [3.05, 3.63) is 58.4 Å². The Morgan fingerprint density at radius 1 is 1.05 bits per heavy atom. The first kappa shape index (κ1) is 13.9. The molecular formula is C16H16ClFO. The van der Waals surface area contributed by atoms with Gasteiger partial charge in [0.25, 0.3) is 0 Å². The molecule has 0 atom stereocenters. The van der Waals surface area contributed by atoms with E-state index in [-0.39, 0.29) is 11.7 Å². The van der Waals surface area contributed by atoms with Crippen molar-refractivity contribution in [2.75, 3.05) is 0 Å². The molecule has 0 radical (unpaired) electrons. The Bertz CT molecular complexity index is 608. The van der Waals surface area contributed by atoms with Crippen LogP contribution in [0.25, 0.3) is 0 Å². The van der Waals surface area contributed by atoms with Crippen LogP contribution in [0.3, 0.4) is 0 Å². The molecule has 0 aliphatic carbocycles. The summed E-state index contributed by atoms with van der Waals surface area (Å²) in [6, 6.07) is 8.48. The van der Waals surface area contributed by atoms with Crippen LogP contribution in [0.4, 0.5) is 4.39 Å². The Morgan fingerprint density at radius 3 is 2.47 bits per heavy atom. The van der Waals surface area contributed by atoms with Gasteiger partial charge in [0, 0.05) is 5.56 Å². The van der Waals surface area contributed by atoms with Crippen LogP contribution in [0.15, 0.2) is 30.3 Å². The van der Waals surface area contributed by atoms with Gasteiger partial charge in [-0.05, 0) is 61.7 Å². The van der Waals surface area contributed by atoms with Gasteiger partial charge < -0.3 is 4.74 Å². The summed E-state index contributed by atoms with van der Waals surface area (Å²) in [5, 5.41) is 0. The van der Waals surface area contributed by atoms with E-state index in [4.69, 9.17) is 16.3 Å². The second kappa shape index (κ2) is 5.62. The number of halogens is 2. The van der Waals surface area contributed by atoms with Gasteiger partial charge in [-0.25, -0.2) is 4.39 Å². The highest BCUT2D eigenvalue weighted by Gasteiger charge is 2.09. The van der Waals surface area contributed by atoms with Gasteiger partial charge in [0.15, 0.2) is 0 Å². The van der Waals surface area contributed by atoms with E-state index >= 15 is 0 Å². The zero-order chi connectivity index (χ0) is 14.0. The zero-order valence-electron chi connectivity index (χ0n) is 11.3. The van der Waals surface area contributed by atoms with Crippen molar-refractivity contribution in [1.82, 2.24) is 0 Å². The van der Waals surface area contributed by atoms with E-state index in [9.17, 15) is 4.39 Å². The lowest BCUT2D eigenvalue weighted by atomic mass is 10.1. The molecule has 2 rings (SSSR count). The van der Waals surface area contributed by atoms with Crippen molar-refractivity contribution in [3.8, 4) is 11.5 Å². The maximum Gasteiger partial charge on any atom is 0.132 e. The molecule has 0 aliphatic heterocycles. The van der Waals surface area contributed by atoms with E-state index in [2.05, 4.69) is 6.07 Å². The topological polar surface area (TPSA) is 9.23 Å². The normalized spacial score (nSPS) is 10.6. The molecule has 0 heterocycles. The van der Waals surface area contributed by atoms with Crippen molar-refractivity contribution in [2.24, 2.45) is 0 Å². The van der Waals surface area contributed by atoms with E-state index in [1.165, 1.54) is 17.7 Å². The largest absolute Gasteiger partial charge is 0.457 e. The minimum absolute atomic E-state index is 0.219. The molecule has 0 spiro atoms. The molecule has 1 nitrogen and oxygen atoms in total. The predicted molar refractivity (Wildman–Crippen MR) is 76.7 cm³/mol. The predicted octanol–water partition coefficient (Wildman–Crippen LogP) is 5.28. The van der Waals surface area contributed by atoms with E-state index in [0.29, 0.717) is 11.3 Å². The number of benzene rings is 2. The fraction of sp³-hybridized carbons (Fsp3) is 0.250. The van der Waals surface area contributed by atoms with Gasteiger partial charge in [0.2, 0.25) is 0 Å². The van der Waals surface area contributed by atoms with Crippen LogP contribution in [0, 0.1) is 26.6 Å². The van der Waals surface area contributed by atoms with Crippen LogP contribution < -0.4 is 4.74 Å². The van der Waals surface area contributed by atoms with Crippen LogP contribution in [-0.4, -0.2) is 0 Å². The van der Waals surface area contributed by atoms with Crippen molar-refractivity contribution < 1.29 is 9.13 Å². The number of rotatable bonds is 3. The summed E-state index contributed by atoms with van der Waals surface area (Å²) in [4.78, 5) is 0. The molecule has 0 saturated heterocycles. The monoisotopic (exact) mass is 278 g/mol. The summed E-state index contributed by atoms with van der Waals surface area (Å²) in [6.45, 7) is 6.07. The molecule has 2 aromatic rings. The van der Waals surface area contributed by atoms with Gasteiger partial charge in [-0.3, -0.25) is 0 Å². The van der Waals surface area contributed by atoms with Crippen molar-refractivity contribution >= 4 is 11.6 Å². The van der Waals surface area contributed by atoms with E-state index in [0.717, 1.165) is 16.9 Å². The summed E-state index contributed by atoms with van der Waals surface area (Å²) in [7, 11) is 0. The number of ether oxygens (including phenoxy) is 1. The smallest absolute Gasteiger partial charge is 0.132 e. The molecule has 0 fully saturated rings. The quantitative estimate of drug-likeness (QED) is 0.694. The summed E-state index contributed by atoms with van der Waals surface area (Å²) >= 11 is 5.83. The molecule has 19 heavy (non-hydrogen) atoms. The van der Waals surface area contributed by atoms with E-state index in [1.54, 1.807) is 6.07 Å². The maximum atomic E-state index is 13.2. The first-order valence-electron chi connectivity index (χ1n) is 6.11. The first-order chi connectivity index (χ1) is 9.01. The summed E-state index contributed by atoms with van der Waals surface area (Å²) < 4.78 is 19.1. The summed E-state index contributed by atoms with van der Waals surface area (Å²) in [5.74, 6) is 1.30. The van der Waals surface area contributed by atoms with Crippen molar-refractivity contribution in [3.63, 3.8) is 0 Å². The van der Waals surface area contributed by atoms with E-state index < -0.39 is 0 Å². The zero-order valence-corrected chi connectivity index (χ0v) is 12.0. The van der Waals surface area contributed by atoms with E-state index in [1.807, 2.05) is 26.8 Å². The average molecular weight is 279 g/mol. The third-order valence-corrected chi connectivity index (χ3v) is 3.44. The molecule has 0 saturated carbocycles. The highest BCUT2D eigenvalue weighted by molar-refractivity contribution is 6.17. The fourth-order valence-corrected chi connectivity index (χ4v) is 2.19. The third kappa shape index (κ3) is 3.07. The summed E-state index contributed by atoms with van der Waals surface area (Å²) in [5.41, 5.74) is 4.04. The Labute approximate surface area is 118 Å². The highest BCUT2D eigenvalue weighted by atomic mass is 35.5. The first-order valence-corrected chi connectivity index (χ1v) is 6.65. The van der Waals surface area contributed by atoms with Crippen LogP contribution >= 0.6 is 11.6 Å². The second-order valence-corrected chi connectivity index (χ2v) is 4.96. The number of hydrogen-bond acceptors (Lipinski definition) is 1. The van der Waals surface area contributed by atoms with Gasteiger partial charge in [-0.2, -0.15) is 0 Å². The molecule has 0 unspecified atom stereocenters. The lowest BCUT2D eigenvalue weighted by Crippen LogP contribution is -1.95. The minimum atomic E-state index is -0.305. The molecule has 0 aliphatic rings. The van der Waals surface area contributed by atoms with Gasteiger partial charge in [0.05, 0.1) is 5.88 Å². The Balaban J connectivity index is 2.41. The summed E-state index contributed by atoms with van der Waals surface area (Å²) in [6.07, 6.45) is 0. The van der Waals surface area contributed by atoms with Gasteiger partial charge in [-0.15, -0.1) is 11.6 Å². The Morgan fingerprint density at radius 2 is 1.79 bits per heavy atom. The molecule has 2 aromatic carbocycles. The molecular weight excluding hydrogens is 263 g/mol. The molecule has 0 N–H and O–H groups in total. The van der Waals surface area contributed by atoms with Crippen LogP contribution in [0.5, 0.6) is 11.5 Å². The molecule has 100 valence electrons. The van der Waals surface area contributed by atoms with Crippen molar-refractivity contribution in [1.29, 1.82) is 0 Å². The Kier molecular flexibility index (Phi) is 4.11. The molecule has 0 bridgehead atoms. The van der Waals surface area contributed by atoms with Crippen LogP contribution in [0.2, 0.25) is 0 Å². The van der Waals surface area contributed by atoms with Crippen molar-refractivity contribution in [2.45, 2.75) is 26.7 Å². The molecule has 0 aromatic heterocycles. The van der Waals surface area contributed by atoms with Gasteiger partial charge >= 0.3 is 0 Å². The van der Waals surface area contributed by atoms with Gasteiger partial charge in [-0.1, -0.05) is 6.07 Å². The van der Waals surface area contributed by atoms with Crippen LogP contribution in [-0.2, 0) is 5.88 Å². The SMILES string of the molecule is Cc1cc(C)c(C)c(Oc2ccc(F)cc2CCl)c1. The lowest BCUT2D eigenvalue weighted by molar-refractivity contribution is 0.471.